The molecule has 0 aliphatic carbocycles. The smallest absolute Gasteiger partial charge is 0.161 e. The molecule has 0 spiro atoms. The van der Waals surface area contributed by atoms with Gasteiger partial charge in [-0.25, -0.2) is 9.37 Å². The topological polar surface area (TPSA) is 70.9 Å². The van der Waals surface area contributed by atoms with Crippen molar-refractivity contribution in [1.29, 1.82) is 0 Å². The molecule has 35 heavy (non-hydrogen) atoms. The number of aromatic nitrogens is 5. The maximum absolute atomic E-state index is 14.1. The van der Waals surface area contributed by atoms with Gasteiger partial charge in [0, 0.05) is 52.7 Å². The zero-order valence-corrected chi connectivity index (χ0v) is 21.1. The average Bonchev–Trinajstić information content (AvgIpc) is 3.30. The third kappa shape index (κ3) is 4.16. The molecule has 2 N–H and O–H groups in total. The summed E-state index contributed by atoms with van der Waals surface area (Å²) >= 11 is 0. The zero-order valence-electron chi connectivity index (χ0n) is 21.1. The lowest BCUT2D eigenvalue weighted by Crippen LogP contribution is -2.10. The lowest BCUT2D eigenvalue weighted by atomic mass is 10.0. The van der Waals surface area contributed by atoms with Gasteiger partial charge in [-0.05, 0) is 74.9 Å². The first-order valence-corrected chi connectivity index (χ1v) is 12.1. The van der Waals surface area contributed by atoms with Crippen molar-refractivity contribution in [3.8, 4) is 11.3 Å². The molecule has 1 aromatic carbocycles. The Morgan fingerprint density at radius 1 is 1.06 bits per heavy atom. The molecule has 0 saturated carbocycles. The van der Waals surface area contributed by atoms with Crippen LogP contribution in [0.15, 0.2) is 36.7 Å². The molecule has 0 aliphatic rings. The maximum Gasteiger partial charge on any atom is 0.161 e. The van der Waals surface area contributed by atoms with Crippen molar-refractivity contribution in [2.45, 2.75) is 53.9 Å². The fourth-order valence-electron chi connectivity index (χ4n) is 5.03. The summed E-state index contributed by atoms with van der Waals surface area (Å²) in [7, 11) is 0. The number of aromatic amines is 1. The normalized spacial score (nSPS) is 11.8. The van der Waals surface area contributed by atoms with E-state index in [4.69, 9.17) is 10.1 Å². The highest BCUT2D eigenvalue weighted by Crippen LogP contribution is 2.30. The van der Waals surface area contributed by atoms with Gasteiger partial charge in [0.25, 0.3) is 0 Å². The minimum atomic E-state index is -0.205. The Morgan fingerprint density at radius 2 is 1.86 bits per heavy atom. The van der Waals surface area contributed by atoms with Gasteiger partial charge in [0.2, 0.25) is 0 Å². The monoisotopic (exact) mass is 470 g/mol. The molecule has 6 nitrogen and oxygen atoms in total. The lowest BCUT2D eigenvalue weighted by molar-refractivity contribution is 0.628. The second kappa shape index (κ2) is 8.80. The van der Waals surface area contributed by atoms with E-state index in [1.807, 2.05) is 50.7 Å². The molecular weight excluding hydrogens is 439 g/mol. The predicted molar refractivity (Wildman–Crippen MR) is 140 cm³/mol. The number of rotatable bonds is 6. The number of nitrogens with one attached hydrogen (secondary N) is 2. The highest BCUT2D eigenvalue weighted by molar-refractivity contribution is 5.87. The van der Waals surface area contributed by atoms with Gasteiger partial charge in [0.05, 0.1) is 11.4 Å². The highest BCUT2D eigenvalue weighted by Gasteiger charge is 2.19. The molecule has 0 saturated heterocycles. The molecule has 4 heterocycles. The summed E-state index contributed by atoms with van der Waals surface area (Å²) in [6.45, 7) is 13.1. The first-order chi connectivity index (χ1) is 16.7. The predicted octanol–water partition coefficient (Wildman–Crippen LogP) is 6.42. The maximum atomic E-state index is 14.1. The van der Waals surface area contributed by atoms with Crippen LogP contribution in [0.1, 0.15) is 53.4 Å². The molecular formula is C28H31FN6. The van der Waals surface area contributed by atoms with Crippen molar-refractivity contribution in [2.24, 2.45) is 0 Å². The number of H-pyrrole nitrogens is 1. The van der Waals surface area contributed by atoms with Crippen LogP contribution < -0.4 is 5.32 Å². The first kappa shape index (κ1) is 23.0. The molecule has 5 aromatic rings. The molecule has 0 unspecified atom stereocenters. The standard InChI is InChI=1S/C28H31FN6/c1-15(2)26-19(6)34-35-25(12-24(33-28(26)35)20-9-16(3)13-30-14-20)31-8-7-22-18(5)32-27-17(4)10-21(29)11-23(22)27/h9-15,31-32H,7-8H2,1-6H3. The minimum Gasteiger partial charge on any atom is -0.370 e. The van der Waals surface area contributed by atoms with Crippen molar-refractivity contribution in [3.63, 3.8) is 0 Å². The largest absolute Gasteiger partial charge is 0.370 e. The van der Waals surface area contributed by atoms with Crippen LogP contribution in [0.4, 0.5) is 10.2 Å². The summed E-state index contributed by atoms with van der Waals surface area (Å²) < 4.78 is 16.0. The minimum absolute atomic E-state index is 0.205. The number of pyridine rings is 1. The second-order valence-corrected chi connectivity index (χ2v) is 9.72. The van der Waals surface area contributed by atoms with Crippen molar-refractivity contribution >= 4 is 22.4 Å². The van der Waals surface area contributed by atoms with Gasteiger partial charge >= 0.3 is 0 Å². The third-order valence-corrected chi connectivity index (χ3v) is 6.63. The molecule has 0 amide bonds. The van der Waals surface area contributed by atoms with Crippen molar-refractivity contribution in [1.82, 2.24) is 24.6 Å². The summed E-state index contributed by atoms with van der Waals surface area (Å²) in [5.74, 6) is 0.968. The number of fused-ring (bicyclic) bond motifs is 2. The molecule has 0 bridgehead atoms. The van der Waals surface area contributed by atoms with Crippen LogP contribution >= 0.6 is 0 Å². The van der Waals surface area contributed by atoms with E-state index in [-0.39, 0.29) is 5.82 Å². The molecule has 0 radical (unpaired) electrons. The summed E-state index contributed by atoms with van der Waals surface area (Å²) in [5, 5.41) is 9.35. The number of nitrogens with zero attached hydrogens (tertiary/aromatic N) is 4. The first-order valence-electron chi connectivity index (χ1n) is 12.1. The Hall–Kier alpha value is -3.74. The van der Waals surface area contributed by atoms with Gasteiger partial charge < -0.3 is 10.3 Å². The van der Waals surface area contributed by atoms with Crippen LogP contribution in [0.25, 0.3) is 27.8 Å². The SMILES string of the molecule is Cc1cncc(-c2cc(NCCc3c(C)[nH]c4c(C)cc(F)cc34)n3nc(C)c(C(C)C)c3n2)c1. The van der Waals surface area contributed by atoms with Gasteiger partial charge in [-0.3, -0.25) is 4.98 Å². The Kier molecular flexibility index (Phi) is 5.79. The van der Waals surface area contributed by atoms with Gasteiger partial charge in [0.15, 0.2) is 5.65 Å². The Balaban J connectivity index is 1.53. The van der Waals surface area contributed by atoms with Crippen molar-refractivity contribution < 1.29 is 4.39 Å². The summed E-state index contributed by atoms with van der Waals surface area (Å²) in [6, 6.07) is 7.33. The van der Waals surface area contributed by atoms with Crippen LogP contribution in [0, 0.1) is 33.5 Å². The summed E-state index contributed by atoms with van der Waals surface area (Å²) in [4.78, 5) is 12.8. The van der Waals surface area contributed by atoms with Gasteiger partial charge in [-0.1, -0.05) is 13.8 Å². The van der Waals surface area contributed by atoms with Gasteiger partial charge in [-0.15, -0.1) is 0 Å². The Labute approximate surface area is 204 Å². The number of hydrogen-bond acceptors (Lipinski definition) is 4. The van der Waals surface area contributed by atoms with E-state index in [0.29, 0.717) is 12.5 Å². The van der Waals surface area contributed by atoms with Crippen LogP contribution in [0.2, 0.25) is 0 Å². The lowest BCUT2D eigenvalue weighted by Gasteiger charge is -2.12. The molecule has 7 heteroatoms. The fraction of sp³-hybridized carbons (Fsp3) is 0.321. The van der Waals surface area contributed by atoms with E-state index in [1.165, 1.54) is 0 Å². The Bertz CT molecular complexity index is 1560. The second-order valence-electron chi connectivity index (χ2n) is 9.72. The third-order valence-electron chi connectivity index (χ3n) is 6.63. The number of anilines is 1. The fourth-order valence-corrected chi connectivity index (χ4v) is 5.03. The molecule has 0 atom stereocenters. The van der Waals surface area contributed by atoms with E-state index >= 15 is 0 Å². The van der Waals surface area contributed by atoms with Gasteiger partial charge in [0.1, 0.15) is 11.6 Å². The van der Waals surface area contributed by atoms with E-state index in [0.717, 1.165) is 73.7 Å². The number of aryl methyl sites for hydroxylation is 4. The van der Waals surface area contributed by atoms with E-state index < -0.39 is 0 Å². The zero-order chi connectivity index (χ0) is 24.9. The van der Waals surface area contributed by atoms with E-state index in [2.05, 4.69) is 35.2 Å². The molecule has 180 valence electrons. The number of halogens is 1. The quantitative estimate of drug-likeness (QED) is 0.300. The summed E-state index contributed by atoms with van der Waals surface area (Å²) in [6.07, 6.45) is 4.44. The summed E-state index contributed by atoms with van der Waals surface area (Å²) in [5.41, 5.74) is 10.0. The van der Waals surface area contributed by atoms with Gasteiger partial charge in [-0.2, -0.15) is 9.61 Å². The van der Waals surface area contributed by atoms with Crippen molar-refractivity contribution in [3.05, 3.63) is 76.1 Å². The molecule has 5 rings (SSSR count). The molecule has 0 aliphatic heterocycles. The van der Waals surface area contributed by atoms with E-state index in [1.54, 1.807) is 12.1 Å². The van der Waals surface area contributed by atoms with Crippen molar-refractivity contribution in [2.75, 3.05) is 11.9 Å². The average molecular weight is 471 g/mol. The van der Waals surface area contributed by atoms with Crippen LogP contribution in [-0.2, 0) is 6.42 Å². The molecule has 0 fully saturated rings. The number of benzene rings is 1. The number of hydrogen-bond donors (Lipinski definition) is 2. The molecule has 4 aromatic heterocycles. The highest BCUT2D eigenvalue weighted by atomic mass is 19.1. The van der Waals surface area contributed by atoms with E-state index in [9.17, 15) is 4.39 Å². The van der Waals surface area contributed by atoms with Crippen LogP contribution in [-0.4, -0.2) is 31.1 Å². The Morgan fingerprint density at radius 3 is 2.60 bits per heavy atom. The van der Waals surface area contributed by atoms with Crippen LogP contribution in [0.5, 0.6) is 0 Å². The van der Waals surface area contributed by atoms with Crippen LogP contribution in [0.3, 0.4) is 0 Å².